The fourth-order valence-electron chi connectivity index (χ4n) is 4.26. The van der Waals surface area contributed by atoms with Gasteiger partial charge in [-0.2, -0.15) is 0 Å². The summed E-state index contributed by atoms with van der Waals surface area (Å²) in [6.07, 6.45) is 0.496. The number of ether oxygens (including phenoxy) is 2. The van der Waals surface area contributed by atoms with Crippen molar-refractivity contribution in [3.8, 4) is 48.8 Å². The number of hydrogen-bond donors (Lipinski definition) is 0. The van der Waals surface area contributed by atoms with E-state index in [-0.39, 0.29) is 24.8 Å². The Morgan fingerprint density at radius 1 is 0.550 bits per heavy atom. The normalized spacial score (nSPS) is 11.2. The van der Waals surface area contributed by atoms with Gasteiger partial charge in [0, 0.05) is 48.8 Å². The lowest BCUT2D eigenvalue weighted by Gasteiger charge is -2.01. The van der Waals surface area contributed by atoms with Crippen LogP contribution < -0.4 is 0 Å². The van der Waals surface area contributed by atoms with E-state index in [9.17, 15) is 9.59 Å². The van der Waals surface area contributed by atoms with Gasteiger partial charge in [0.2, 0.25) is 0 Å². The fraction of sp³-hybridized carbons (Fsp3) is 0.133. The summed E-state index contributed by atoms with van der Waals surface area (Å²) < 4.78 is 9.95. The minimum absolute atomic E-state index is 0.239. The molecule has 0 aliphatic heterocycles. The molecule has 0 aliphatic carbocycles. The van der Waals surface area contributed by atoms with Gasteiger partial charge in [0.25, 0.3) is 0 Å². The van der Waals surface area contributed by atoms with Crippen LogP contribution in [-0.2, 0) is 31.9 Å². The van der Waals surface area contributed by atoms with Crippen molar-refractivity contribution in [1.29, 1.82) is 0 Å². The maximum absolute atomic E-state index is 12.2. The fourth-order valence-corrected chi connectivity index (χ4v) is 10.7. The van der Waals surface area contributed by atoms with Crippen LogP contribution in [0.4, 0.5) is 0 Å². The van der Waals surface area contributed by atoms with E-state index in [0.29, 0.717) is 0 Å². The van der Waals surface area contributed by atoms with E-state index in [0.717, 1.165) is 40.4 Å². The van der Waals surface area contributed by atoms with Crippen molar-refractivity contribution < 1.29 is 19.1 Å². The molecule has 0 bridgehead atoms. The van der Waals surface area contributed by atoms with Crippen molar-refractivity contribution in [2.75, 3.05) is 14.2 Å². The van der Waals surface area contributed by atoms with Gasteiger partial charge in [-0.15, -0.1) is 68.0 Å². The largest absolute Gasteiger partial charge is 0.469 e. The van der Waals surface area contributed by atoms with Crippen LogP contribution in [0.15, 0.2) is 71.4 Å². The minimum atomic E-state index is -0.239. The zero-order valence-electron chi connectivity index (χ0n) is 21.4. The van der Waals surface area contributed by atoms with Crippen molar-refractivity contribution in [2.45, 2.75) is 12.8 Å². The monoisotopic (exact) mass is 638 g/mol. The minimum Gasteiger partial charge on any atom is -0.469 e. The summed E-state index contributed by atoms with van der Waals surface area (Å²) in [7, 11) is 2.86. The number of esters is 2. The maximum atomic E-state index is 12.2. The van der Waals surface area contributed by atoms with Crippen molar-refractivity contribution in [3.05, 3.63) is 82.6 Å². The smallest absolute Gasteiger partial charge is 0.310 e. The molecule has 0 fully saturated rings. The molecule has 0 saturated heterocycles. The summed E-state index contributed by atoms with van der Waals surface area (Å²) in [5.41, 5.74) is 1.99. The van der Waals surface area contributed by atoms with Gasteiger partial charge in [0.05, 0.1) is 27.1 Å². The second-order valence-electron chi connectivity index (χ2n) is 8.72. The second-order valence-corrected chi connectivity index (χ2v) is 14.9. The molecule has 202 valence electrons. The summed E-state index contributed by atoms with van der Waals surface area (Å²) in [6, 6.07) is 21.2. The average molecular weight is 639 g/mol. The Kier molecular flexibility index (Phi) is 8.15. The maximum Gasteiger partial charge on any atom is 0.310 e. The van der Waals surface area contributed by atoms with Crippen LogP contribution in [0.1, 0.15) is 11.1 Å². The lowest BCUT2D eigenvalue weighted by Crippen LogP contribution is -2.04. The summed E-state index contributed by atoms with van der Waals surface area (Å²) >= 11 is 10.3. The van der Waals surface area contributed by atoms with E-state index in [1.807, 2.05) is 12.1 Å². The number of carbonyl (C=O) groups is 2. The third-order valence-corrected chi connectivity index (χ3v) is 13.4. The zero-order chi connectivity index (χ0) is 27.6. The van der Waals surface area contributed by atoms with E-state index in [4.69, 9.17) is 9.47 Å². The van der Waals surface area contributed by atoms with Gasteiger partial charge in [-0.05, 0) is 70.4 Å². The van der Waals surface area contributed by atoms with E-state index in [1.165, 1.54) is 33.7 Å². The Morgan fingerprint density at radius 3 is 1.35 bits per heavy atom. The molecule has 0 spiro atoms. The van der Waals surface area contributed by atoms with E-state index in [2.05, 4.69) is 59.3 Å². The van der Waals surface area contributed by atoms with Crippen LogP contribution in [0.3, 0.4) is 0 Å². The van der Waals surface area contributed by atoms with Crippen LogP contribution in [0, 0.1) is 0 Å². The topological polar surface area (TPSA) is 52.6 Å². The van der Waals surface area contributed by atoms with Gasteiger partial charge in [-0.25, -0.2) is 0 Å². The highest BCUT2D eigenvalue weighted by molar-refractivity contribution is 7.30. The molecule has 6 aromatic heterocycles. The number of carbonyl (C=O) groups excluding carboxylic acids is 2. The third-order valence-electron chi connectivity index (χ3n) is 6.17. The first-order chi connectivity index (χ1) is 19.5. The van der Waals surface area contributed by atoms with E-state index in [1.54, 1.807) is 68.0 Å². The van der Waals surface area contributed by atoms with Gasteiger partial charge in [-0.1, -0.05) is 12.1 Å². The molecule has 0 amide bonds. The van der Waals surface area contributed by atoms with Crippen molar-refractivity contribution in [1.82, 2.24) is 0 Å². The number of methoxy groups -OCH3 is 2. The Balaban J connectivity index is 1.33. The Bertz CT molecular complexity index is 1630. The quantitative estimate of drug-likeness (QED) is 0.148. The number of hydrogen-bond acceptors (Lipinski definition) is 10. The molecule has 0 aliphatic rings. The summed E-state index contributed by atoms with van der Waals surface area (Å²) in [4.78, 5) is 35.9. The lowest BCUT2D eigenvalue weighted by atomic mass is 10.1. The predicted molar refractivity (Wildman–Crippen MR) is 172 cm³/mol. The standard InChI is InChI=1S/C30H22O4S6/c1-33-27(31)15-17-13-25(19-5-3-11-35-19)39-29(17)23-9-7-21(37-23)22-8-10-24(38-22)30-18(16-28(32)34-2)14-26(40-30)20-6-4-12-36-20/h3-14H,15-16H2,1-2H3. The Hall–Kier alpha value is -2.86. The number of rotatable bonds is 9. The molecule has 0 saturated carbocycles. The number of thiophene rings is 6. The van der Waals surface area contributed by atoms with E-state index < -0.39 is 0 Å². The van der Waals surface area contributed by atoms with Gasteiger partial charge in [0.15, 0.2) is 0 Å². The summed E-state index contributed by atoms with van der Waals surface area (Å²) in [6.45, 7) is 0. The van der Waals surface area contributed by atoms with Crippen LogP contribution in [0.2, 0.25) is 0 Å². The molecule has 0 N–H and O–H groups in total. The van der Waals surface area contributed by atoms with Gasteiger partial charge in [0.1, 0.15) is 0 Å². The van der Waals surface area contributed by atoms with Crippen LogP contribution in [0.25, 0.3) is 48.8 Å². The molecule has 0 atom stereocenters. The summed E-state index contributed by atoms with van der Waals surface area (Å²) in [5, 5.41) is 4.14. The second kappa shape index (κ2) is 11.9. The van der Waals surface area contributed by atoms with E-state index >= 15 is 0 Å². The summed E-state index contributed by atoms with van der Waals surface area (Å²) in [5.74, 6) is -0.478. The first-order valence-electron chi connectivity index (χ1n) is 12.2. The highest BCUT2D eigenvalue weighted by Gasteiger charge is 2.20. The van der Waals surface area contributed by atoms with Gasteiger partial charge in [-0.3, -0.25) is 9.59 Å². The predicted octanol–water partition coefficient (Wildman–Crippen LogP) is 9.82. The SMILES string of the molecule is COC(=O)Cc1cc(-c2cccs2)sc1-c1ccc(-c2ccc(-c3sc(-c4cccs4)cc3CC(=O)OC)s2)s1. The molecule has 10 heteroatoms. The first kappa shape index (κ1) is 27.3. The van der Waals surface area contributed by atoms with Gasteiger partial charge >= 0.3 is 11.9 Å². The van der Waals surface area contributed by atoms with Crippen LogP contribution in [0.5, 0.6) is 0 Å². The molecule has 0 aromatic carbocycles. The average Bonchev–Trinajstić information content (AvgIpc) is 3.78. The molecule has 6 rings (SSSR count). The molecule has 0 radical (unpaired) electrons. The molecule has 4 nitrogen and oxygen atoms in total. The highest BCUT2D eigenvalue weighted by atomic mass is 32.1. The third kappa shape index (κ3) is 5.65. The molecular formula is C30H22O4S6. The molecule has 6 aromatic rings. The molecule has 0 unspecified atom stereocenters. The zero-order valence-corrected chi connectivity index (χ0v) is 26.3. The Labute approximate surface area is 255 Å². The van der Waals surface area contributed by atoms with Gasteiger partial charge < -0.3 is 9.47 Å². The van der Waals surface area contributed by atoms with Crippen LogP contribution in [-0.4, -0.2) is 26.2 Å². The van der Waals surface area contributed by atoms with Crippen molar-refractivity contribution in [3.63, 3.8) is 0 Å². The highest BCUT2D eigenvalue weighted by Crippen LogP contribution is 2.48. The molecule has 6 heterocycles. The van der Waals surface area contributed by atoms with Crippen molar-refractivity contribution >= 4 is 80.0 Å². The molecular weight excluding hydrogens is 617 g/mol. The Morgan fingerprint density at radius 2 is 0.975 bits per heavy atom. The lowest BCUT2D eigenvalue weighted by molar-refractivity contribution is -0.140. The molecule has 40 heavy (non-hydrogen) atoms. The first-order valence-corrected chi connectivity index (χ1v) is 17.2. The van der Waals surface area contributed by atoms with Crippen LogP contribution >= 0.6 is 68.0 Å². The van der Waals surface area contributed by atoms with Crippen molar-refractivity contribution in [2.24, 2.45) is 0 Å².